The fourth-order valence-electron chi connectivity index (χ4n) is 1.47. The highest BCUT2D eigenvalue weighted by atomic mass is 35.5. The van der Waals surface area contributed by atoms with Crippen molar-refractivity contribution >= 4 is 23.0 Å². The van der Waals surface area contributed by atoms with E-state index in [0.29, 0.717) is 22.2 Å². The molecule has 17 heavy (non-hydrogen) atoms. The van der Waals surface area contributed by atoms with Crippen LogP contribution in [-0.2, 0) is 0 Å². The third-order valence-electron chi connectivity index (χ3n) is 2.43. The Bertz CT molecular complexity index is 535. The fraction of sp³-hybridized carbons (Fsp3) is 0.250. The van der Waals surface area contributed by atoms with E-state index in [0.717, 1.165) is 11.3 Å². The van der Waals surface area contributed by atoms with Crippen molar-refractivity contribution in [1.29, 1.82) is 0 Å². The maximum absolute atomic E-state index is 6.06. The lowest BCUT2D eigenvalue weighted by atomic mass is 10.2. The maximum atomic E-state index is 6.06. The summed E-state index contributed by atoms with van der Waals surface area (Å²) >= 11 is 6.06. The van der Waals surface area contributed by atoms with Crippen molar-refractivity contribution in [2.24, 2.45) is 10.2 Å². The molecule has 0 N–H and O–H groups in total. The zero-order valence-electron chi connectivity index (χ0n) is 9.86. The molecule has 0 aliphatic carbocycles. The molecule has 0 spiro atoms. The van der Waals surface area contributed by atoms with Crippen molar-refractivity contribution in [2.45, 2.75) is 20.8 Å². The zero-order chi connectivity index (χ0) is 12.4. The number of azo groups is 1. The number of aromatic nitrogens is 1. The number of nitrogens with zero attached hydrogens (tertiary/aromatic N) is 3. The molecular formula is C12H12ClN3O. The average Bonchev–Trinajstić information content (AvgIpc) is 2.59. The molecule has 0 unspecified atom stereocenters. The first-order valence-corrected chi connectivity index (χ1v) is 5.57. The predicted octanol–water partition coefficient (Wildman–Crippen LogP) is 4.67. The summed E-state index contributed by atoms with van der Waals surface area (Å²) in [5.74, 6) is 0.649. The summed E-state index contributed by atoms with van der Waals surface area (Å²) in [5.41, 5.74) is 3.03. The van der Waals surface area contributed by atoms with Crippen molar-refractivity contribution < 1.29 is 4.52 Å². The van der Waals surface area contributed by atoms with Crippen LogP contribution in [0.25, 0.3) is 0 Å². The van der Waals surface area contributed by atoms with Gasteiger partial charge in [-0.3, -0.25) is 0 Å². The highest BCUT2D eigenvalue weighted by molar-refractivity contribution is 6.33. The summed E-state index contributed by atoms with van der Waals surface area (Å²) < 4.78 is 5.01. The Morgan fingerprint density at radius 2 is 1.82 bits per heavy atom. The highest BCUT2D eigenvalue weighted by Gasteiger charge is 2.08. The monoisotopic (exact) mass is 249 g/mol. The van der Waals surface area contributed by atoms with Crippen molar-refractivity contribution in [3.05, 3.63) is 40.2 Å². The molecule has 2 rings (SSSR count). The molecule has 0 atom stereocenters. The van der Waals surface area contributed by atoms with E-state index < -0.39 is 0 Å². The summed E-state index contributed by atoms with van der Waals surface area (Å²) in [6.45, 7) is 5.56. The normalized spacial score (nSPS) is 11.3. The van der Waals surface area contributed by atoms with Crippen LogP contribution in [0.2, 0.25) is 5.02 Å². The Morgan fingerprint density at radius 3 is 2.41 bits per heavy atom. The van der Waals surface area contributed by atoms with Gasteiger partial charge in [0.2, 0.25) is 0 Å². The van der Waals surface area contributed by atoms with E-state index >= 15 is 0 Å². The first-order chi connectivity index (χ1) is 8.09. The van der Waals surface area contributed by atoms with Gasteiger partial charge in [-0.1, -0.05) is 28.9 Å². The largest absolute Gasteiger partial charge is 0.359 e. The predicted molar refractivity (Wildman–Crippen MR) is 66.3 cm³/mol. The maximum Gasteiger partial charge on any atom is 0.161 e. The molecule has 1 heterocycles. The van der Waals surface area contributed by atoms with E-state index in [2.05, 4.69) is 15.4 Å². The van der Waals surface area contributed by atoms with Crippen molar-refractivity contribution in [2.75, 3.05) is 0 Å². The van der Waals surface area contributed by atoms with Gasteiger partial charge in [-0.15, -0.1) is 10.2 Å². The van der Waals surface area contributed by atoms with Gasteiger partial charge in [0.25, 0.3) is 0 Å². The van der Waals surface area contributed by atoms with Crippen LogP contribution in [-0.4, -0.2) is 5.16 Å². The molecular weight excluding hydrogens is 238 g/mol. The molecule has 88 valence electrons. The number of hydrogen-bond donors (Lipinski definition) is 0. The Morgan fingerprint density at radius 1 is 1.12 bits per heavy atom. The third kappa shape index (κ3) is 2.36. The molecule has 0 aliphatic rings. The minimum atomic E-state index is 0.584. The molecule has 1 aromatic carbocycles. The number of aryl methyl sites for hydroxylation is 3. The lowest BCUT2D eigenvalue weighted by Crippen LogP contribution is -1.75. The average molecular weight is 250 g/mol. The molecule has 0 aliphatic heterocycles. The second kappa shape index (κ2) is 4.67. The standard InChI is InChI=1S/C12H12ClN3O/c1-7-5-4-6-10(13)11(7)14-15-12-8(2)16-17-9(12)3/h4-6H,1-3H3. The van der Waals surface area contributed by atoms with Gasteiger partial charge >= 0.3 is 0 Å². The number of rotatable bonds is 2. The van der Waals surface area contributed by atoms with Crippen LogP contribution in [0, 0.1) is 20.8 Å². The van der Waals surface area contributed by atoms with Gasteiger partial charge < -0.3 is 4.52 Å². The molecule has 5 heteroatoms. The minimum Gasteiger partial charge on any atom is -0.359 e. The van der Waals surface area contributed by atoms with Gasteiger partial charge in [0.05, 0.1) is 5.02 Å². The Labute approximate surface area is 104 Å². The van der Waals surface area contributed by atoms with Crippen LogP contribution in [0.3, 0.4) is 0 Å². The quantitative estimate of drug-likeness (QED) is 0.726. The lowest BCUT2D eigenvalue weighted by molar-refractivity contribution is 0.393. The zero-order valence-corrected chi connectivity index (χ0v) is 10.6. The van der Waals surface area contributed by atoms with Crippen molar-refractivity contribution in [1.82, 2.24) is 5.16 Å². The van der Waals surface area contributed by atoms with Gasteiger partial charge in [-0.25, -0.2) is 0 Å². The van der Waals surface area contributed by atoms with Crippen LogP contribution >= 0.6 is 11.6 Å². The van der Waals surface area contributed by atoms with Crippen molar-refractivity contribution in [3.8, 4) is 0 Å². The molecule has 1 aromatic heterocycles. The molecule has 0 fully saturated rings. The first-order valence-electron chi connectivity index (χ1n) is 5.19. The van der Waals surface area contributed by atoms with E-state index in [9.17, 15) is 0 Å². The second-order valence-corrected chi connectivity index (χ2v) is 4.19. The van der Waals surface area contributed by atoms with Crippen LogP contribution in [0.5, 0.6) is 0 Å². The van der Waals surface area contributed by atoms with E-state index in [1.54, 1.807) is 13.0 Å². The van der Waals surface area contributed by atoms with Gasteiger partial charge in [-0.2, -0.15) is 0 Å². The summed E-state index contributed by atoms with van der Waals surface area (Å²) in [6, 6.07) is 5.61. The second-order valence-electron chi connectivity index (χ2n) is 3.78. The SMILES string of the molecule is Cc1cccc(Cl)c1N=Nc1c(C)noc1C. The Kier molecular flexibility index (Phi) is 3.24. The van der Waals surface area contributed by atoms with Crippen LogP contribution < -0.4 is 0 Å². The molecule has 4 nitrogen and oxygen atoms in total. The molecule has 0 saturated heterocycles. The van der Waals surface area contributed by atoms with E-state index in [1.807, 2.05) is 26.0 Å². The highest BCUT2D eigenvalue weighted by Crippen LogP contribution is 2.31. The molecule has 0 radical (unpaired) electrons. The van der Waals surface area contributed by atoms with E-state index in [1.165, 1.54) is 0 Å². The van der Waals surface area contributed by atoms with E-state index in [-0.39, 0.29) is 0 Å². The summed E-state index contributed by atoms with van der Waals surface area (Å²) in [7, 11) is 0. The molecule has 0 bridgehead atoms. The van der Waals surface area contributed by atoms with Gasteiger partial charge in [0, 0.05) is 0 Å². The smallest absolute Gasteiger partial charge is 0.161 e. The number of benzene rings is 1. The topological polar surface area (TPSA) is 50.8 Å². The number of hydrogen-bond acceptors (Lipinski definition) is 4. The Balaban J connectivity index is 2.39. The van der Waals surface area contributed by atoms with E-state index in [4.69, 9.17) is 16.1 Å². The van der Waals surface area contributed by atoms with Crippen LogP contribution in [0.1, 0.15) is 17.0 Å². The summed E-state index contributed by atoms with van der Waals surface area (Å²) in [6.07, 6.45) is 0. The molecule has 0 saturated carbocycles. The Hall–Kier alpha value is -1.68. The molecule has 2 aromatic rings. The summed E-state index contributed by atoms with van der Waals surface area (Å²) in [4.78, 5) is 0. The molecule has 0 amide bonds. The first kappa shape index (κ1) is 11.8. The van der Waals surface area contributed by atoms with Crippen LogP contribution in [0.4, 0.5) is 11.4 Å². The van der Waals surface area contributed by atoms with Gasteiger partial charge in [-0.05, 0) is 32.4 Å². The number of halogens is 1. The minimum absolute atomic E-state index is 0.584. The van der Waals surface area contributed by atoms with Crippen molar-refractivity contribution in [3.63, 3.8) is 0 Å². The van der Waals surface area contributed by atoms with Gasteiger partial charge in [0.1, 0.15) is 11.4 Å². The van der Waals surface area contributed by atoms with Crippen LogP contribution in [0.15, 0.2) is 33.0 Å². The summed E-state index contributed by atoms with van der Waals surface area (Å²) in [5, 5.41) is 12.7. The fourth-order valence-corrected chi connectivity index (χ4v) is 1.73. The van der Waals surface area contributed by atoms with Gasteiger partial charge in [0.15, 0.2) is 11.4 Å². The lowest BCUT2D eigenvalue weighted by Gasteiger charge is -2.00. The third-order valence-corrected chi connectivity index (χ3v) is 2.74.